The average Bonchev–Trinajstić information content (AvgIpc) is 3.27. The molecule has 4 rings (SSSR count). The summed E-state index contributed by atoms with van der Waals surface area (Å²) in [6, 6.07) is 6.98. The number of carbonyl (C=O) groups is 2. The second-order valence-corrected chi connectivity index (χ2v) is 10.2. The summed E-state index contributed by atoms with van der Waals surface area (Å²) in [5, 5.41) is 3.94. The van der Waals surface area contributed by atoms with E-state index in [9.17, 15) is 9.59 Å². The molecule has 1 atom stereocenters. The zero-order valence-electron chi connectivity index (χ0n) is 23.3. The van der Waals surface area contributed by atoms with Gasteiger partial charge in [-0.25, -0.2) is 9.78 Å². The molecule has 10 heteroatoms. The molecular formula is C30H36ClN5O4. The number of hydrogen-bond donors (Lipinski definition) is 1. The first-order valence-corrected chi connectivity index (χ1v) is 14.0. The molecule has 0 bridgehead atoms. The van der Waals surface area contributed by atoms with Gasteiger partial charge in [0.1, 0.15) is 12.2 Å². The van der Waals surface area contributed by atoms with Crippen LogP contribution in [-0.4, -0.2) is 59.2 Å². The molecule has 1 fully saturated rings. The molecular weight excluding hydrogens is 530 g/mol. The number of halogens is 1. The van der Waals surface area contributed by atoms with Crippen molar-refractivity contribution in [1.29, 1.82) is 0 Å². The van der Waals surface area contributed by atoms with Gasteiger partial charge in [0, 0.05) is 49.2 Å². The molecule has 3 amide bonds. The van der Waals surface area contributed by atoms with E-state index < -0.39 is 0 Å². The van der Waals surface area contributed by atoms with Gasteiger partial charge in [0.25, 0.3) is 0 Å². The summed E-state index contributed by atoms with van der Waals surface area (Å²) < 4.78 is 13.2. The predicted octanol–water partition coefficient (Wildman–Crippen LogP) is 5.24. The van der Waals surface area contributed by atoms with E-state index in [4.69, 9.17) is 27.5 Å². The maximum absolute atomic E-state index is 13.7. The van der Waals surface area contributed by atoms with Crippen LogP contribution >= 0.6 is 11.6 Å². The Labute approximate surface area is 240 Å². The van der Waals surface area contributed by atoms with Gasteiger partial charge in [0.05, 0.1) is 24.8 Å². The van der Waals surface area contributed by atoms with E-state index in [2.05, 4.69) is 23.1 Å². The maximum atomic E-state index is 13.7. The predicted molar refractivity (Wildman–Crippen MR) is 157 cm³/mol. The first-order chi connectivity index (χ1) is 19.4. The van der Waals surface area contributed by atoms with Gasteiger partial charge in [0.2, 0.25) is 5.91 Å². The van der Waals surface area contributed by atoms with Gasteiger partial charge in [-0.1, -0.05) is 37.3 Å². The Bertz CT molecular complexity index is 1400. The summed E-state index contributed by atoms with van der Waals surface area (Å²) in [5.74, 6) is 3.52. The molecule has 0 spiro atoms. The number of aromatic nitrogens is 2. The average molecular weight is 566 g/mol. The lowest BCUT2D eigenvalue weighted by Crippen LogP contribution is -2.49. The molecule has 1 aliphatic rings. The summed E-state index contributed by atoms with van der Waals surface area (Å²) in [6.45, 7) is 6.08. The monoisotopic (exact) mass is 565 g/mol. The number of hydrogen-bond acceptors (Lipinski definition) is 5. The van der Waals surface area contributed by atoms with Crippen LogP contribution in [0.3, 0.4) is 0 Å². The lowest BCUT2D eigenvalue weighted by molar-refractivity contribution is -0.121. The van der Waals surface area contributed by atoms with Crippen LogP contribution in [0.4, 0.5) is 10.5 Å². The third kappa shape index (κ3) is 6.62. The molecule has 0 radical (unpaired) electrons. The molecule has 40 heavy (non-hydrogen) atoms. The Hall–Kier alpha value is -3.90. The lowest BCUT2D eigenvalue weighted by atomic mass is 10.1. The number of benzene rings is 1. The molecule has 1 unspecified atom stereocenters. The van der Waals surface area contributed by atoms with Gasteiger partial charge >= 0.3 is 6.03 Å². The number of carbonyl (C=O) groups excluding carboxylic acids is 2. The van der Waals surface area contributed by atoms with E-state index in [0.717, 1.165) is 42.3 Å². The number of amides is 3. The quantitative estimate of drug-likeness (QED) is 0.240. The van der Waals surface area contributed by atoms with Gasteiger partial charge in [-0.15, -0.1) is 6.42 Å². The number of nitrogens with zero attached hydrogens (tertiary/aromatic N) is 4. The van der Waals surface area contributed by atoms with Crippen LogP contribution in [0, 0.1) is 12.3 Å². The minimum atomic E-state index is -0.379. The van der Waals surface area contributed by atoms with Crippen LogP contribution in [-0.2, 0) is 17.9 Å². The molecule has 1 saturated heterocycles. The summed E-state index contributed by atoms with van der Waals surface area (Å²) >= 11 is 6.62. The van der Waals surface area contributed by atoms with E-state index in [1.54, 1.807) is 40.8 Å². The van der Waals surface area contributed by atoms with Gasteiger partial charge in [-0.05, 0) is 43.5 Å². The number of fused-ring (bicyclic) bond motifs is 1. The van der Waals surface area contributed by atoms with Crippen molar-refractivity contribution in [3.05, 3.63) is 47.2 Å². The zero-order chi connectivity index (χ0) is 28.6. The number of unbranched alkanes of at least 4 members (excludes halogenated alkanes) is 2. The molecule has 0 saturated carbocycles. The van der Waals surface area contributed by atoms with E-state index in [1.807, 2.05) is 24.3 Å². The molecule has 0 aliphatic carbocycles. The van der Waals surface area contributed by atoms with Gasteiger partial charge in [0.15, 0.2) is 11.5 Å². The number of methoxy groups -OCH3 is 1. The Kier molecular flexibility index (Phi) is 9.78. The van der Waals surface area contributed by atoms with Crippen molar-refractivity contribution < 1.29 is 19.1 Å². The van der Waals surface area contributed by atoms with Crippen molar-refractivity contribution in [2.75, 3.05) is 31.7 Å². The van der Waals surface area contributed by atoms with E-state index in [0.29, 0.717) is 48.4 Å². The van der Waals surface area contributed by atoms with Crippen molar-refractivity contribution in [2.24, 2.45) is 0 Å². The van der Waals surface area contributed by atoms with Crippen molar-refractivity contribution in [1.82, 2.24) is 19.8 Å². The molecule has 3 aromatic rings. The number of rotatable bonds is 12. The number of anilines is 1. The highest BCUT2D eigenvalue weighted by Crippen LogP contribution is 2.34. The smallest absolute Gasteiger partial charge is 0.324 e. The third-order valence-corrected chi connectivity index (χ3v) is 7.16. The van der Waals surface area contributed by atoms with Gasteiger partial charge < -0.3 is 24.3 Å². The fraction of sp³-hybridized carbons (Fsp3) is 0.433. The minimum absolute atomic E-state index is 0.0302. The number of nitrogens with one attached hydrogen (secondary N) is 1. The molecule has 1 aliphatic heterocycles. The van der Waals surface area contributed by atoms with Crippen molar-refractivity contribution >= 4 is 40.3 Å². The first-order valence-electron chi connectivity index (χ1n) is 13.6. The molecule has 212 valence electrons. The van der Waals surface area contributed by atoms with Crippen molar-refractivity contribution in [3.63, 3.8) is 0 Å². The highest BCUT2D eigenvalue weighted by atomic mass is 35.5. The fourth-order valence-electron chi connectivity index (χ4n) is 4.82. The SMILES string of the molecule is C#CC(C)NC(=O)Cn1cc(Cl)c2c(CN3CCCN(c4ccc(OC)c(OCCCCC)c4)C3=O)ccnc21. The molecule has 1 aromatic carbocycles. The maximum Gasteiger partial charge on any atom is 0.324 e. The number of ether oxygens (including phenoxy) is 2. The molecule has 1 N–H and O–H groups in total. The first kappa shape index (κ1) is 29.1. The van der Waals surface area contributed by atoms with E-state index in [1.165, 1.54) is 0 Å². The summed E-state index contributed by atoms with van der Waals surface area (Å²) in [5.41, 5.74) is 2.20. The largest absolute Gasteiger partial charge is 0.493 e. The summed E-state index contributed by atoms with van der Waals surface area (Å²) in [4.78, 5) is 34.1. The summed E-state index contributed by atoms with van der Waals surface area (Å²) in [6.07, 6.45) is 12.7. The number of urea groups is 1. The lowest BCUT2D eigenvalue weighted by Gasteiger charge is -2.36. The number of pyridine rings is 1. The Balaban J connectivity index is 1.53. The van der Waals surface area contributed by atoms with Crippen molar-refractivity contribution in [2.45, 2.75) is 58.7 Å². The molecule has 2 aromatic heterocycles. The topological polar surface area (TPSA) is 88.9 Å². The van der Waals surface area contributed by atoms with Crippen LogP contribution in [0.2, 0.25) is 5.02 Å². The van der Waals surface area contributed by atoms with E-state index >= 15 is 0 Å². The zero-order valence-corrected chi connectivity index (χ0v) is 24.0. The molecule has 9 nitrogen and oxygen atoms in total. The van der Waals surface area contributed by atoms with Crippen LogP contribution in [0.1, 0.15) is 45.1 Å². The van der Waals surface area contributed by atoms with Crippen LogP contribution in [0.15, 0.2) is 36.7 Å². The van der Waals surface area contributed by atoms with Gasteiger partial charge in [-0.3, -0.25) is 9.69 Å². The van der Waals surface area contributed by atoms with Gasteiger partial charge in [-0.2, -0.15) is 0 Å². The fourth-order valence-corrected chi connectivity index (χ4v) is 5.14. The Morgan fingerprint density at radius 2 is 2.08 bits per heavy atom. The number of terminal acetylenes is 1. The highest BCUT2D eigenvalue weighted by molar-refractivity contribution is 6.35. The van der Waals surface area contributed by atoms with Crippen LogP contribution < -0.4 is 19.7 Å². The third-order valence-electron chi connectivity index (χ3n) is 6.88. The summed E-state index contributed by atoms with van der Waals surface area (Å²) in [7, 11) is 1.61. The normalized spacial score (nSPS) is 14.2. The van der Waals surface area contributed by atoms with Crippen LogP contribution in [0.5, 0.6) is 11.5 Å². The van der Waals surface area contributed by atoms with E-state index in [-0.39, 0.29) is 24.5 Å². The second-order valence-electron chi connectivity index (χ2n) is 9.83. The second kappa shape index (κ2) is 13.4. The Morgan fingerprint density at radius 1 is 1.25 bits per heavy atom. The highest BCUT2D eigenvalue weighted by Gasteiger charge is 2.28. The Morgan fingerprint density at radius 3 is 2.83 bits per heavy atom. The van der Waals surface area contributed by atoms with Crippen LogP contribution in [0.25, 0.3) is 11.0 Å². The standard InChI is InChI=1S/C30H36ClN5O4/c1-5-7-8-16-40-26-17-23(10-11-25(26)39-4)36-15-9-14-34(30(36)38)18-22-12-13-32-29-28(22)24(31)19-35(29)20-27(37)33-21(3)6-2/h2,10-13,17,19,21H,5,7-9,14-16,18,20H2,1,3-4H3,(H,33,37). The minimum Gasteiger partial charge on any atom is -0.493 e. The van der Waals surface area contributed by atoms with Crippen molar-refractivity contribution in [3.8, 4) is 23.8 Å². The molecule has 3 heterocycles.